The van der Waals surface area contributed by atoms with E-state index in [0.717, 1.165) is 12.1 Å². The van der Waals surface area contributed by atoms with E-state index in [1.165, 1.54) is 0 Å². The lowest BCUT2D eigenvalue weighted by Crippen LogP contribution is -2.30. The molecule has 1 aromatic rings. The molecule has 3 N–H and O–H groups in total. The maximum absolute atomic E-state index is 5.69. The van der Waals surface area contributed by atoms with Crippen LogP contribution in [0.5, 0.6) is 0 Å². The maximum Gasteiger partial charge on any atom is 0.0386 e. The number of aromatic nitrogens is 1. The Bertz CT molecular complexity index is 246. The molecule has 1 aromatic heterocycles. The van der Waals surface area contributed by atoms with E-state index in [1.807, 2.05) is 12.1 Å². The van der Waals surface area contributed by atoms with Crippen molar-refractivity contribution in [3.63, 3.8) is 0 Å². The zero-order valence-electron chi connectivity index (χ0n) is 8.90. The van der Waals surface area contributed by atoms with Gasteiger partial charge in [-0.2, -0.15) is 0 Å². The predicted molar refractivity (Wildman–Crippen MR) is 60.2 cm³/mol. The lowest BCUT2D eigenvalue weighted by atomic mass is 10.0. The summed E-state index contributed by atoms with van der Waals surface area (Å²) in [6.07, 6.45) is 4.66. The van der Waals surface area contributed by atoms with Gasteiger partial charge in [-0.15, -0.1) is 0 Å². The fourth-order valence-corrected chi connectivity index (χ4v) is 1.47. The van der Waals surface area contributed by atoms with Crippen molar-refractivity contribution in [1.82, 2.24) is 4.98 Å². The van der Waals surface area contributed by atoms with Crippen molar-refractivity contribution in [1.29, 1.82) is 0 Å². The van der Waals surface area contributed by atoms with E-state index in [9.17, 15) is 0 Å². The largest absolute Gasteiger partial charge is 0.381 e. The van der Waals surface area contributed by atoms with Crippen LogP contribution in [0.4, 0.5) is 5.69 Å². The first-order chi connectivity index (χ1) is 6.72. The Morgan fingerprint density at radius 2 is 2.00 bits per heavy atom. The SMILES string of the molecule is CC(C)CC(CN)Nc1ccncc1. The third kappa shape index (κ3) is 3.75. The number of anilines is 1. The quantitative estimate of drug-likeness (QED) is 0.750. The molecule has 0 aliphatic heterocycles. The van der Waals surface area contributed by atoms with Gasteiger partial charge in [0.1, 0.15) is 0 Å². The first-order valence-electron chi connectivity index (χ1n) is 5.09. The third-order valence-corrected chi connectivity index (χ3v) is 2.09. The van der Waals surface area contributed by atoms with Crippen LogP contribution in [-0.4, -0.2) is 17.6 Å². The Kier molecular flexibility index (Phi) is 4.40. The average Bonchev–Trinajstić information content (AvgIpc) is 2.17. The van der Waals surface area contributed by atoms with Crippen LogP contribution in [0.1, 0.15) is 20.3 Å². The highest BCUT2D eigenvalue weighted by atomic mass is 14.9. The Balaban J connectivity index is 2.48. The second kappa shape index (κ2) is 5.60. The van der Waals surface area contributed by atoms with Crippen LogP contribution >= 0.6 is 0 Å². The molecule has 1 heterocycles. The molecule has 3 heteroatoms. The molecule has 0 amide bonds. The zero-order chi connectivity index (χ0) is 10.4. The van der Waals surface area contributed by atoms with Crippen molar-refractivity contribution in [2.24, 2.45) is 11.7 Å². The molecule has 1 atom stereocenters. The monoisotopic (exact) mass is 193 g/mol. The second-order valence-corrected chi connectivity index (χ2v) is 3.94. The maximum atomic E-state index is 5.69. The lowest BCUT2D eigenvalue weighted by molar-refractivity contribution is 0.522. The van der Waals surface area contributed by atoms with Gasteiger partial charge in [0.25, 0.3) is 0 Å². The van der Waals surface area contributed by atoms with E-state index in [4.69, 9.17) is 5.73 Å². The Morgan fingerprint density at radius 1 is 1.36 bits per heavy atom. The smallest absolute Gasteiger partial charge is 0.0386 e. The summed E-state index contributed by atoms with van der Waals surface area (Å²) in [6, 6.07) is 4.28. The lowest BCUT2D eigenvalue weighted by Gasteiger charge is -2.19. The van der Waals surface area contributed by atoms with E-state index in [0.29, 0.717) is 18.5 Å². The van der Waals surface area contributed by atoms with Gasteiger partial charge in [-0.05, 0) is 24.5 Å². The minimum Gasteiger partial charge on any atom is -0.381 e. The number of nitrogens with two attached hydrogens (primary N) is 1. The van der Waals surface area contributed by atoms with Crippen molar-refractivity contribution < 1.29 is 0 Å². The number of pyridine rings is 1. The zero-order valence-corrected chi connectivity index (χ0v) is 8.90. The predicted octanol–water partition coefficient (Wildman–Crippen LogP) is 1.87. The summed E-state index contributed by atoms with van der Waals surface area (Å²) in [5.41, 5.74) is 6.78. The standard InChI is InChI=1S/C11H19N3/c1-9(2)7-11(8-12)14-10-3-5-13-6-4-10/h3-6,9,11H,7-8,12H2,1-2H3,(H,13,14). The number of nitrogens with one attached hydrogen (secondary N) is 1. The molecule has 0 fully saturated rings. The molecular formula is C11H19N3. The molecule has 0 aliphatic rings. The summed E-state index contributed by atoms with van der Waals surface area (Å²) in [4.78, 5) is 3.97. The van der Waals surface area contributed by atoms with E-state index >= 15 is 0 Å². The highest BCUT2D eigenvalue weighted by molar-refractivity contribution is 5.41. The summed E-state index contributed by atoms with van der Waals surface area (Å²) in [7, 11) is 0. The summed E-state index contributed by atoms with van der Waals surface area (Å²) >= 11 is 0. The topological polar surface area (TPSA) is 50.9 Å². The summed E-state index contributed by atoms with van der Waals surface area (Å²) in [6.45, 7) is 5.08. The number of nitrogens with zero attached hydrogens (tertiary/aromatic N) is 1. The highest BCUT2D eigenvalue weighted by Crippen LogP contribution is 2.10. The van der Waals surface area contributed by atoms with Crippen LogP contribution in [0.3, 0.4) is 0 Å². The molecule has 0 saturated heterocycles. The van der Waals surface area contributed by atoms with Gasteiger partial charge in [0, 0.05) is 30.7 Å². The molecule has 0 aliphatic carbocycles. The van der Waals surface area contributed by atoms with E-state index in [-0.39, 0.29) is 0 Å². The normalized spacial score (nSPS) is 12.9. The van der Waals surface area contributed by atoms with Gasteiger partial charge in [0.2, 0.25) is 0 Å². The highest BCUT2D eigenvalue weighted by Gasteiger charge is 2.07. The fraction of sp³-hybridized carbons (Fsp3) is 0.545. The first kappa shape index (κ1) is 11.0. The number of rotatable bonds is 5. The third-order valence-electron chi connectivity index (χ3n) is 2.09. The minimum atomic E-state index is 0.359. The van der Waals surface area contributed by atoms with Crippen molar-refractivity contribution in [2.45, 2.75) is 26.3 Å². The molecular weight excluding hydrogens is 174 g/mol. The number of hydrogen-bond donors (Lipinski definition) is 2. The van der Waals surface area contributed by atoms with E-state index < -0.39 is 0 Å². The molecule has 0 radical (unpaired) electrons. The minimum absolute atomic E-state index is 0.359. The molecule has 0 spiro atoms. The van der Waals surface area contributed by atoms with Crippen LogP contribution < -0.4 is 11.1 Å². The molecule has 14 heavy (non-hydrogen) atoms. The molecule has 0 aromatic carbocycles. The number of hydrogen-bond acceptors (Lipinski definition) is 3. The van der Waals surface area contributed by atoms with E-state index in [1.54, 1.807) is 12.4 Å². The Morgan fingerprint density at radius 3 is 2.50 bits per heavy atom. The van der Waals surface area contributed by atoms with Crippen molar-refractivity contribution in [2.75, 3.05) is 11.9 Å². The van der Waals surface area contributed by atoms with Crippen molar-refractivity contribution in [3.8, 4) is 0 Å². The molecule has 78 valence electrons. The Labute approximate surface area is 85.7 Å². The van der Waals surface area contributed by atoms with Crippen molar-refractivity contribution >= 4 is 5.69 Å². The Hall–Kier alpha value is -1.09. The summed E-state index contributed by atoms with van der Waals surface area (Å²) in [5.74, 6) is 0.665. The van der Waals surface area contributed by atoms with Gasteiger partial charge in [-0.25, -0.2) is 0 Å². The van der Waals surface area contributed by atoms with Crippen LogP contribution in [0.2, 0.25) is 0 Å². The molecule has 0 bridgehead atoms. The summed E-state index contributed by atoms with van der Waals surface area (Å²) < 4.78 is 0. The van der Waals surface area contributed by atoms with Crippen LogP contribution in [0, 0.1) is 5.92 Å². The van der Waals surface area contributed by atoms with Crippen LogP contribution in [0.15, 0.2) is 24.5 Å². The van der Waals surface area contributed by atoms with Gasteiger partial charge in [-0.3, -0.25) is 4.98 Å². The van der Waals surface area contributed by atoms with Crippen LogP contribution in [-0.2, 0) is 0 Å². The fourth-order valence-electron chi connectivity index (χ4n) is 1.47. The van der Waals surface area contributed by atoms with Gasteiger partial charge in [0.15, 0.2) is 0 Å². The molecule has 3 nitrogen and oxygen atoms in total. The van der Waals surface area contributed by atoms with Gasteiger partial charge in [0.05, 0.1) is 0 Å². The second-order valence-electron chi connectivity index (χ2n) is 3.94. The van der Waals surface area contributed by atoms with E-state index in [2.05, 4.69) is 24.1 Å². The van der Waals surface area contributed by atoms with Gasteiger partial charge < -0.3 is 11.1 Å². The summed E-state index contributed by atoms with van der Waals surface area (Å²) in [5, 5.41) is 3.40. The molecule has 0 saturated carbocycles. The van der Waals surface area contributed by atoms with Gasteiger partial charge in [-0.1, -0.05) is 13.8 Å². The van der Waals surface area contributed by atoms with Gasteiger partial charge >= 0.3 is 0 Å². The van der Waals surface area contributed by atoms with Crippen molar-refractivity contribution in [3.05, 3.63) is 24.5 Å². The average molecular weight is 193 g/mol. The molecule has 1 unspecified atom stereocenters. The van der Waals surface area contributed by atoms with Crippen LogP contribution in [0.25, 0.3) is 0 Å². The molecule has 1 rings (SSSR count). The first-order valence-corrected chi connectivity index (χ1v) is 5.09.